The smallest absolute Gasteiger partial charge is 0.190 e. The lowest BCUT2D eigenvalue weighted by molar-refractivity contribution is -0.184. The predicted molar refractivity (Wildman–Crippen MR) is 99.7 cm³/mol. The first-order valence-corrected chi connectivity index (χ1v) is 10.4. The van der Waals surface area contributed by atoms with Crippen molar-refractivity contribution >= 4 is 11.6 Å². The van der Waals surface area contributed by atoms with Gasteiger partial charge in [-0.15, -0.1) is 0 Å². The fraction of sp³-hybridized carbons (Fsp3) is 0.818. The minimum atomic E-state index is -1.55. The van der Waals surface area contributed by atoms with Crippen LogP contribution in [0.4, 0.5) is 0 Å². The fourth-order valence-electron chi connectivity index (χ4n) is 7.71. The maximum absolute atomic E-state index is 12.4. The van der Waals surface area contributed by atoms with Crippen molar-refractivity contribution in [3.05, 3.63) is 11.6 Å². The molecule has 0 amide bonds. The molecule has 5 heteroatoms. The van der Waals surface area contributed by atoms with Gasteiger partial charge < -0.3 is 15.3 Å². The number of Topliss-reactive ketones (excluding diaryl/α,β-unsaturated/α-hetero) is 1. The molecule has 0 radical (unpaired) electrons. The third kappa shape index (κ3) is 2.34. The summed E-state index contributed by atoms with van der Waals surface area (Å²) in [4.78, 5) is 24.5. The molecule has 3 fully saturated rings. The Morgan fingerprint density at radius 2 is 2.00 bits per heavy atom. The summed E-state index contributed by atoms with van der Waals surface area (Å²) in [5, 5.41) is 31.9. The molecule has 4 aliphatic carbocycles. The molecule has 0 bridgehead atoms. The molecule has 0 aromatic heterocycles. The quantitative estimate of drug-likeness (QED) is 0.685. The normalized spacial score (nSPS) is 51.9. The zero-order valence-electron chi connectivity index (χ0n) is 16.6. The number of rotatable bonds is 2. The average Bonchev–Trinajstić information content (AvgIpc) is 2.87. The van der Waals surface area contributed by atoms with Crippen LogP contribution in [0.5, 0.6) is 0 Å². The number of carbonyl (C=O) groups is 2. The van der Waals surface area contributed by atoms with Crippen molar-refractivity contribution in [2.75, 3.05) is 6.61 Å². The molecule has 0 aromatic rings. The van der Waals surface area contributed by atoms with E-state index in [1.807, 2.05) is 13.0 Å². The molecule has 4 rings (SSSR count). The van der Waals surface area contributed by atoms with Gasteiger partial charge in [0.25, 0.3) is 0 Å². The third-order valence-corrected chi connectivity index (χ3v) is 8.97. The van der Waals surface area contributed by atoms with Crippen molar-refractivity contribution in [3.8, 4) is 0 Å². The minimum absolute atomic E-state index is 0.0534. The van der Waals surface area contributed by atoms with Gasteiger partial charge in [-0.1, -0.05) is 26.3 Å². The molecular formula is C22H32O5. The van der Waals surface area contributed by atoms with Crippen LogP contribution in [0.1, 0.15) is 59.3 Å². The predicted octanol–water partition coefficient (Wildman–Crippen LogP) is 2.03. The van der Waals surface area contributed by atoms with E-state index in [9.17, 15) is 24.9 Å². The number of carbonyl (C=O) groups excluding carboxylic acids is 2. The monoisotopic (exact) mass is 376 g/mol. The first-order valence-electron chi connectivity index (χ1n) is 10.4. The summed E-state index contributed by atoms with van der Waals surface area (Å²) in [6.07, 6.45) is 4.84. The van der Waals surface area contributed by atoms with Crippen molar-refractivity contribution in [2.45, 2.75) is 71.0 Å². The van der Waals surface area contributed by atoms with Crippen LogP contribution in [-0.2, 0) is 9.59 Å². The maximum Gasteiger partial charge on any atom is 0.190 e. The van der Waals surface area contributed by atoms with Gasteiger partial charge in [-0.3, -0.25) is 9.59 Å². The van der Waals surface area contributed by atoms with E-state index in [4.69, 9.17) is 0 Å². The maximum atomic E-state index is 12.4. The van der Waals surface area contributed by atoms with E-state index in [-0.39, 0.29) is 34.9 Å². The molecule has 27 heavy (non-hydrogen) atoms. The molecule has 150 valence electrons. The average molecular weight is 376 g/mol. The molecule has 0 aromatic carbocycles. The topological polar surface area (TPSA) is 94.8 Å². The number of ketones is 2. The van der Waals surface area contributed by atoms with Crippen LogP contribution in [0.2, 0.25) is 0 Å². The van der Waals surface area contributed by atoms with Crippen molar-refractivity contribution in [1.29, 1.82) is 0 Å². The molecule has 5 nitrogen and oxygen atoms in total. The van der Waals surface area contributed by atoms with Crippen LogP contribution in [0.15, 0.2) is 11.6 Å². The Kier molecular flexibility index (Phi) is 4.27. The number of allylic oxidation sites excluding steroid dienone is 1. The molecule has 4 aliphatic rings. The largest absolute Gasteiger partial charge is 0.393 e. The van der Waals surface area contributed by atoms with Crippen LogP contribution in [0.3, 0.4) is 0 Å². The van der Waals surface area contributed by atoms with Crippen LogP contribution in [0, 0.1) is 34.5 Å². The second-order valence-corrected chi connectivity index (χ2v) is 10.1. The molecule has 0 unspecified atom stereocenters. The van der Waals surface area contributed by atoms with E-state index in [0.717, 1.165) is 19.3 Å². The summed E-state index contributed by atoms with van der Waals surface area (Å²) in [5.74, 6) is 0.341. The van der Waals surface area contributed by atoms with Crippen LogP contribution in [0.25, 0.3) is 0 Å². The lowest BCUT2D eigenvalue weighted by Gasteiger charge is -2.61. The lowest BCUT2D eigenvalue weighted by Crippen LogP contribution is -2.62. The van der Waals surface area contributed by atoms with Gasteiger partial charge in [0, 0.05) is 11.8 Å². The first-order chi connectivity index (χ1) is 12.6. The lowest BCUT2D eigenvalue weighted by atomic mass is 9.44. The van der Waals surface area contributed by atoms with Gasteiger partial charge in [0.15, 0.2) is 11.6 Å². The van der Waals surface area contributed by atoms with Gasteiger partial charge in [0.05, 0.1) is 6.10 Å². The fourth-order valence-corrected chi connectivity index (χ4v) is 7.71. The zero-order chi connectivity index (χ0) is 19.8. The summed E-state index contributed by atoms with van der Waals surface area (Å²) < 4.78 is 0. The molecule has 8 atom stereocenters. The van der Waals surface area contributed by atoms with Crippen LogP contribution < -0.4 is 0 Å². The summed E-state index contributed by atoms with van der Waals surface area (Å²) in [6, 6.07) is 0. The highest BCUT2D eigenvalue weighted by molar-refractivity contribution is 5.92. The Morgan fingerprint density at radius 3 is 2.67 bits per heavy atom. The van der Waals surface area contributed by atoms with E-state index in [1.165, 1.54) is 5.57 Å². The first kappa shape index (κ1) is 19.3. The molecule has 3 N–H and O–H groups in total. The molecule has 3 saturated carbocycles. The second-order valence-electron chi connectivity index (χ2n) is 10.1. The van der Waals surface area contributed by atoms with Gasteiger partial charge in [-0.05, 0) is 67.3 Å². The second kappa shape index (κ2) is 5.98. The standard InChI is InChI=1S/C22H32O5/c1-12-8-14-15-5-7-22(27,18(26)11-23)21(15,3)10-17(25)19(14)20(2)6-4-13(24)9-16(12)20/h9,12,14-15,17,19,23,25,27H,4-8,10-11H2,1-3H3/t12-,14-,15-,17-,19+,20-,21-,22-/m0/s1. The number of aliphatic hydroxyl groups excluding tert-OH is 2. The summed E-state index contributed by atoms with van der Waals surface area (Å²) in [5.41, 5.74) is -1.28. The Hall–Kier alpha value is -1.04. The summed E-state index contributed by atoms with van der Waals surface area (Å²) in [6.45, 7) is 5.63. The van der Waals surface area contributed by atoms with Crippen LogP contribution >= 0.6 is 0 Å². The minimum Gasteiger partial charge on any atom is -0.393 e. The van der Waals surface area contributed by atoms with Crippen molar-refractivity contribution in [2.24, 2.45) is 34.5 Å². The highest BCUT2D eigenvalue weighted by Gasteiger charge is 2.68. The molecule has 0 spiro atoms. The van der Waals surface area contributed by atoms with E-state index in [1.54, 1.807) is 0 Å². The molecular weight excluding hydrogens is 344 g/mol. The van der Waals surface area contributed by atoms with Crippen LogP contribution in [-0.4, -0.2) is 45.2 Å². The van der Waals surface area contributed by atoms with Crippen molar-refractivity contribution < 1.29 is 24.9 Å². The Labute approximate surface area is 160 Å². The molecule has 0 aliphatic heterocycles. The SMILES string of the molecule is C[C@H]1C[C@@H]2[C@H]([C@@H](O)C[C@@]3(C)[C@H]2CC[C@]3(O)C(=O)CO)[C@@]2(C)CCC(=O)C=C12. The Bertz CT molecular complexity index is 713. The van der Waals surface area contributed by atoms with Gasteiger partial charge in [0.1, 0.15) is 12.2 Å². The highest BCUT2D eigenvalue weighted by atomic mass is 16.3. The zero-order valence-corrected chi connectivity index (χ0v) is 16.6. The Balaban J connectivity index is 1.77. The van der Waals surface area contributed by atoms with E-state index in [0.29, 0.717) is 19.3 Å². The van der Waals surface area contributed by atoms with Crippen molar-refractivity contribution in [1.82, 2.24) is 0 Å². The van der Waals surface area contributed by atoms with E-state index >= 15 is 0 Å². The van der Waals surface area contributed by atoms with E-state index < -0.39 is 29.5 Å². The van der Waals surface area contributed by atoms with Crippen molar-refractivity contribution in [3.63, 3.8) is 0 Å². The Morgan fingerprint density at radius 1 is 1.30 bits per heavy atom. The highest BCUT2D eigenvalue weighted by Crippen LogP contribution is 2.68. The third-order valence-electron chi connectivity index (χ3n) is 8.97. The summed E-state index contributed by atoms with van der Waals surface area (Å²) >= 11 is 0. The number of hydrogen-bond acceptors (Lipinski definition) is 5. The molecule has 0 saturated heterocycles. The summed E-state index contributed by atoms with van der Waals surface area (Å²) in [7, 11) is 0. The number of hydrogen-bond donors (Lipinski definition) is 3. The van der Waals surface area contributed by atoms with E-state index in [2.05, 4.69) is 13.8 Å². The van der Waals surface area contributed by atoms with Gasteiger partial charge in [-0.25, -0.2) is 0 Å². The van der Waals surface area contributed by atoms with Gasteiger partial charge >= 0.3 is 0 Å². The number of fused-ring (bicyclic) bond motifs is 5. The van der Waals surface area contributed by atoms with Gasteiger partial charge in [-0.2, -0.15) is 0 Å². The molecule has 0 heterocycles. The van der Waals surface area contributed by atoms with Gasteiger partial charge in [0.2, 0.25) is 0 Å². The number of aliphatic hydroxyl groups is 3.